The Hall–Kier alpha value is -0.740. The van der Waals surface area contributed by atoms with Gasteiger partial charge >= 0.3 is 0 Å². The number of ether oxygens (including phenoxy) is 1. The summed E-state index contributed by atoms with van der Waals surface area (Å²) in [7, 11) is 1.60. The van der Waals surface area contributed by atoms with Crippen LogP contribution in [0.2, 0.25) is 5.15 Å². The highest BCUT2D eigenvalue weighted by atomic mass is 35.5. The molecule has 0 saturated carbocycles. The van der Waals surface area contributed by atoms with E-state index in [2.05, 4.69) is 10.4 Å². The van der Waals surface area contributed by atoms with Crippen molar-refractivity contribution in [2.75, 3.05) is 20.2 Å². The maximum atomic E-state index is 6.05. The van der Waals surface area contributed by atoms with Gasteiger partial charge in [0.15, 0.2) is 10.9 Å². The maximum Gasteiger partial charge on any atom is 0.175 e. The van der Waals surface area contributed by atoms with Crippen LogP contribution < -0.4 is 10.1 Å². The number of hydrogen-bond acceptors (Lipinski definition) is 3. The molecule has 1 aliphatic heterocycles. The molecule has 0 aromatic carbocycles. The fourth-order valence-corrected chi connectivity index (χ4v) is 1.88. The predicted molar refractivity (Wildman–Crippen MR) is 50.3 cm³/mol. The number of nitrogens with zero attached hydrogens (tertiary/aromatic N) is 2. The molecule has 72 valence electrons. The Kier molecular flexibility index (Phi) is 2.42. The fourth-order valence-electron chi connectivity index (χ4n) is 1.57. The van der Waals surface area contributed by atoms with Gasteiger partial charge in [-0.1, -0.05) is 11.6 Å². The molecule has 1 saturated heterocycles. The molecule has 2 rings (SSSR count). The lowest BCUT2D eigenvalue weighted by Gasteiger charge is -2.09. The molecule has 1 aromatic heterocycles. The molecular formula is C8H12ClN3O. The Morgan fingerprint density at radius 3 is 3.15 bits per heavy atom. The molecule has 1 atom stereocenters. The monoisotopic (exact) mass is 201 g/mol. The molecule has 0 amide bonds. The van der Waals surface area contributed by atoms with Crippen molar-refractivity contribution in [3.63, 3.8) is 0 Å². The summed E-state index contributed by atoms with van der Waals surface area (Å²) in [6, 6.07) is 0.372. The number of aromatic nitrogens is 2. The van der Waals surface area contributed by atoms with E-state index in [9.17, 15) is 0 Å². The van der Waals surface area contributed by atoms with Gasteiger partial charge in [0.2, 0.25) is 0 Å². The molecule has 1 unspecified atom stereocenters. The molecular weight excluding hydrogens is 190 g/mol. The minimum absolute atomic E-state index is 0.372. The second-order valence-electron chi connectivity index (χ2n) is 3.09. The van der Waals surface area contributed by atoms with Crippen LogP contribution in [0.3, 0.4) is 0 Å². The van der Waals surface area contributed by atoms with E-state index in [1.54, 1.807) is 13.3 Å². The maximum absolute atomic E-state index is 6.05. The van der Waals surface area contributed by atoms with Gasteiger partial charge in [-0.15, -0.1) is 0 Å². The summed E-state index contributed by atoms with van der Waals surface area (Å²) in [5, 5.41) is 8.05. The highest BCUT2D eigenvalue weighted by Gasteiger charge is 2.21. The lowest BCUT2D eigenvalue weighted by atomic mass is 10.3. The zero-order valence-electron chi connectivity index (χ0n) is 7.46. The Morgan fingerprint density at radius 1 is 1.77 bits per heavy atom. The van der Waals surface area contributed by atoms with E-state index >= 15 is 0 Å². The van der Waals surface area contributed by atoms with Crippen LogP contribution in [0.15, 0.2) is 6.20 Å². The Balaban J connectivity index is 2.24. The highest BCUT2D eigenvalue weighted by Crippen LogP contribution is 2.28. The average molecular weight is 202 g/mol. The number of rotatable bonds is 2. The minimum Gasteiger partial charge on any atom is -0.492 e. The molecule has 1 aromatic rings. The van der Waals surface area contributed by atoms with E-state index in [0.29, 0.717) is 16.9 Å². The molecule has 13 heavy (non-hydrogen) atoms. The topological polar surface area (TPSA) is 39.1 Å². The van der Waals surface area contributed by atoms with E-state index in [1.165, 1.54) is 0 Å². The number of methoxy groups -OCH3 is 1. The van der Waals surface area contributed by atoms with Crippen LogP contribution in [0, 0.1) is 0 Å². The zero-order valence-corrected chi connectivity index (χ0v) is 8.21. The van der Waals surface area contributed by atoms with Crippen LogP contribution in [0.25, 0.3) is 0 Å². The molecule has 0 bridgehead atoms. The van der Waals surface area contributed by atoms with Gasteiger partial charge < -0.3 is 10.1 Å². The van der Waals surface area contributed by atoms with Crippen LogP contribution in [0.1, 0.15) is 12.5 Å². The summed E-state index contributed by atoms with van der Waals surface area (Å²) in [5.41, 5.74) is 0. The van der Waals surface area contributed by atoms with Crippen molar-refractivity contribution in [3.8, 4) is 5.75 Å². The molecule has 4 nitrogen and oxygen atoms in total. The van der Waals surface area contributed by atoms with Crippen LogP contribution >= 0.6 is 11.6 Å². The van der Waals surface area contributed by atoms with Crippen molar-refractivity contribution >= 4 is 11.6 Å². The van der Waals surface area contributed by atoms with E-state index in [4.69, 9.17) is 16.3 Å². The standard InChI is InChI=1S/C8H12ClN3O/c1-13-7-5-11-12(8(7)9)6-2-3-10-4-6/h5-6,10H,2-4H2,1H3. The number of halogens is 1. The first-order valence-electron chi connectivity index (χ1n) is 4.30. The summed E-state index contributed by atoms with van der Waals surface area (Å²) in [4.78, 5) is 0. The summed E-state index contributed by atoms with van der Waals surface area (Å²) < 4.78 is 6.87. The van der Waals surface area contributed by atoms with Crippen molar-refractivity contribution < 1.29 is 4.74 Å². The third-order valence-electron chi connectivity index (χ3n) is 2.30. The third-order valence-corrected chi connectivity index (χ3v) is 2.66. The molecule has 1 aliphatic rings. The van der Waals surface area contributed by atoms with Gasteiger partial charge in [0.1, 0.15) is 0 Å². The van der Waals surface area contributed by atoms with Gasteiger partial charge in [0.25, 0.3) is 0 Å². The van der Waals surface area contributed by atoms with E-state index in [0.717, 1.165) is 19.5 Å². The smallest absolute Gasteiger partial charge is 0.175 e. The first-order chi connectivity index (χ1) is 6.33. The van der Waals surface area contributed by atoms with Crippen LogP contribution in [0.5, 0.6) is 5.75 Å². The molecule has 2 heterocycles. The first-order valence-corrected chi connectivity index (χ1v) is 4.68. The second-order valence-corrected chi connectivity index (χ2v) is 3.45. The second kappa shape index (κ2) is 3.55. The van der Waals surface area contributed by atoms with E-state index < -0.39 is 0 Å². The van der Waals surface area contributed by atoms with E-state index in [1.807, 2.05) is 4.68 Å². The summed E-state index contributed by atoms with van der Waals surface area (Å²) >= 11 is 6.05. The zero-order chi connectivity index (χ0) is 9.26. The third kappa shape index (κ3) is 1.51. The lowest BCUT2D eigenvalue weighted by Crippen LogP contribution is -2.14. The van der Waals surface area contributed by atoms with Gasteiger partial charge in [0.05, 0.1) is 19.3 Å². The van der Waals surface area contributed by atoms with Crippen molar-refractivity contribution in [1.29, 1.82) is 0 Å². The van der Waals surface area contributed by atoms with Crippen molar-refractivity contribution in [3.05, 3.63) is 11.3 Å². The Bertz CT molecular complexity index is 294. The van der Waals surface area contributed by atoms with Crippen LogP contribution in [-0.4, -0.2) is 30.0 Å². The molecule has 0 aliphatic carbocycles. The van der Waals surface area contributed by atoms with E-state index in [-0.39, 0.29) is 0 Å². The normalized spacial score (nSPS) is 22.2. The lowest BCUT2D eigenvalue weighted by molar-refractivity contribution is 0.412. The highest BCUT2D eigenvalue weighted by molar-refractivity contribution is 6.31. The predicted octanol–water partition coefficient (Wildman–Crippen LogP) is 1.08. The summed E-state index contributed by atoms with van der Waals surface area (Å²) in [6.45, 7) is 1.97. The van der Waals surface area contributed by atoms with Gasteiger partial charge in [0, 0.05) is 6.54 Å². The molecule has 1 N–H and O–H groups in total. The summed E-state index contributed by atoms with van der Waals surface area (Å²) in [5.74, 6) is 0.647. The number of nitrogens with one attached hydrogen (secondary N) is 1. The average Bonchev–Trinajstić information content (AvgIpc) is 2.72. The molecule has 5 heteroatoms. The minimum atomic E-state index is 0.372. The molecule has 0 radical (unpaired) electrons. The van der Waals surface area contributed by atoms with Crippen LogP contribution in [0.4, 0.5) is 0 Å². The summed E-state index contributed by atoms with van der Waals surface area (Å²) in [6.07, 6.45) is 2.73. The van der Waals surface area contributed by atoms with Gasteiger partial charge in [-0.05, 0) is 13.0 Å². The number of hydrogen-bond donors (Lipinski definition) is 1. The van der Waals surface area contributed by atoms with Gasteiger partial charge in [-0.25, -0.2) is 4.68 Å². The molecule has 0 spiro atoms. The SMILES string of the molecule is COc1cnn(C2CCNC2)c1Cl. The first kappa shape index (κ1) is 8.84. The van der Waals surface area contributed by atoms with Crippen LogP contribution in [-0.2, 0) is 0 Å². The van der Waals surface area contributed by atoms with Crippen molar-refractivity contribution in [2.24, 2.45) is 0 Å². The van der Waals surface area contributed by atoms with Crippen molar-refractivity contribution in [1.82, 2.24) is 15.1 Å². The quantitative estimate of drug-likeness (QED) is 0.779. The fraction of sp³-hybridized carbons (Fsp3) is 0.625. The van der Waals surface area contributed by atoms with Gasteiger partial charge in [-0.3, -0.25) is 0 Å². The Labute approximate surface area is 81.8 Å². The van der Waals surface area contributed by atoms with Gasteiger partial charge in [-0.2, -0.15) is 5.10 Å². The largest absolute Gasteiger partial charge is 0.492 e. The Morgan fingerprint density at radius 2 is 2.62 bits per heavy atom. The molecule has 1 fully saturated rings. The van der Waals surface area contributed by atoms with Crippen molar-refractivity contribution in [2.45, 2.75) is 12.5 Å².